The van der Waals surface area contributed by atoms with Crippen LogP contribution in [0.2, 0.25) is 0 Å². The van der Waals surface area contributed by atoms with Gasteiger partial charge in [0, 0.05) is 30.2 Å². The van der Waals surface area contributed by atoms with E-state index in [1.165, 1.54) is 6.61 Å². The number of hydrogen-bond donors (Lipinski definition) is 9. The third kappa shape index (κ3) is 18.5. The van der Waals surface area contributed by atoms with E-state index in [9.17, 15) is 20.1 Å². The maximum absolute atomic E-state index is 12.7. The number of alkyl halides is 1. The van der Waals surface area contributed by atoms with Crippen LogP contribution in [0.5, 0.6) is 0 Å². The molecular formula is C27H46I2MnN8O7S2-2. The zero-order chi connectivity index (χ0) is 33.9. The minimum atomic E-state index is -1.59. The number of halogens is 2. The van der Waals surface area contributed by atoms with E-state index in [2.05, 4.69) is 47.2 Å². The van der Waals surface area contributed by atoms with E-state index in [-0.39, 0.29) is 42.8 Å². The molecule has 2 rings (SSSR count). The Hall–Kier alpha value is -0.341. The number of aromatic nitrogens is 1. The molecule has 1 saturated heterocycles. The molecule has 1 aliphatic heterocycles. The van der Waals surface area contributed by atoms with Crippen LogP contribution in [0, 0.1) is 6.61 Å². The molecule has 0 spiro atoms. The molecule has 1 aliphatic rings. The van der Waals surface area contributed by atoms with Crippen LogP contribution in [0.25, 0.3) is 0 Å². The molecule has 1 fully saturated rings. The molecule has 1 radical (unpaired) electrons. The second kappa shape index (κ2) is 25.6. The number of nitrogens with zero attached hydrogens (tertiary/aromatic N) is 4. The number of aliphatic hydroxyl groups is 5. The van der Waals surface area contributed by atoms with Crippen molar-refractivity contribution in [1.29, 1.82) is 0 Å². The summed E-state index contributed by atoms with van der Waals surface area (Å²) < 4.78 is 10.1. The summed E-state index contributed by atoms with van der Waals surface area (Å²) in [7, 11) is 1.96. The van der Waals surface area contributed by atoms with Crippen LogP contribution in [0.3, 0.4) is 0 Å². The normalized spacial score (nSPS) is 16.5. The smallest absolute Gasteiger partial charge is 0 e. The predicted octanol–water partition coefficient (Wildman–Crippen LogP) is -4.86. The van der Waals surface area contributed by atoms with Gasteiger partial charge in [0.2, 0.25) is 0 Å². The molecule has 1 aromatic rings. The summed E-state index contributed by atoms with van der Waals surface area (Å²) in [6, 6.07) is 4.65. The van der Waals surface area contributed by atoms with Gasteiger partial charge in [-0.1, -0.05) is 0 Å². The molecule has 2 heterocycles. The number of pyridine rings is 1. The van der Waals surface area contributed by atoms with Crippen molar-refractivity contribution in [1.82, 2.24) is 37.4 Å². The monoisotopic (exact) mass is 967 g/mol. The van der Waals surface area contributed by atoms with Crippen LogP contribution in [-0.2, 0) is 39.7 Å². The van der Waals surface area contributed by atoms with E-state index in [0.29, 0.717) is 68.8 Å². The van der Waals surface area contributed by atoms with Gasteiger partial charge in [-0.25, -0.2) is 0 Å². The Kier molecular flexibility index (Phi) is 24.3. The Morgan fingerprint density at radius 1 is 1.15 bits per heavy atom. The van der Waals surface area contributed by atoms with Gasteiger partial charge in [-0.05, 0) is 18.6 Å². The Morgan fingerprint density at radius 3 is 2.51 bits per heavy atom. The third-order valence-electron chi connectivity index (χ3n) is 6.60. The van der Waals surface area contributed by atoms with E-state index < -0.39 is 46.0 Å². The number of rotatable bonds is 21. The summed E-state index contributed by atoms with van der Waals surface area (Å²) in [4.78, 5) is 19.5. The van der Waals surface area contributed by atoms with Crippen LogP contribution < -0.4 is 42.7 Å². The van der Waals surface area contributed by atoms with Crippen molar-refractivity contribution >= 4 is 63.5 Å². The maximum Gasteiger partial charge on any atom is 0 e. The number of thiocarbonyl (C=S) groups is 2. The summed E-state index contributed by atoms with van der Waals surface area (Å²) >= 11 is 12.0. The molecule has 15 nitrogen and oxygen atoms in total. The van der Waals surface area contributed by atoms with Gasteiger partial charge in [0.05, 0.1) is 0 Å². The fourth-order valence-corrected chi connectivity index (χ4v) is 7.91. The molecule has 47 heavy (non-hydrogen) atoms. The number of carbonyl (C=O) groups excluding carboxylic acids is 1. The first-order valence-corrected chi connectivity index (χ1v) is 19.0. The fraction of sp³-hybridized carbons (Fsp3) is 0.667. The molecule has 271 valence electrons. The van der Waals surface area contributed by atoms with E-state index in [0.717, 1.165) is 15.9 Å². The molecular weight excluding hydrogens is 921 g/mol. The molecule has 3 atom stereocenters. The summed E-state index contributed by atoms with van der Waals surface area (Å²) in [6.07, 6.45) is -1.08. The first-order chi connectivity index (χ1) is 22.0. The maximum atomic E-state index is 12.7. The zero-order valence-electron chi connectivity index (χ0n) is 26.1. The Bertz CT molecular complexity index is 1080. The van der Waals surface area contributed by atoms with Gasteiger partial charge in [0.25, 0.3) is 0 Å². The molecule has 0 saturated carbocycles. The topological polar surface area (TPSA) is 198 Å². The molecule has 0 aliphatic carbocycles. The van der Waals surface area contributed by atoms with Crippen molar-refractivity contribution in [3.8, 4) is 0 Å². The molecule has 2 unspecified atom stereocenters. The van der Waals surface area contributed by atoms with Crippen molar-refractivity contribution in [2.45, 2.75) is 56.8 Å². The number of hydrogen-bond acceptors (Lipinski definition) is 13. The number of morpholine rings is 1. The fourth-order valence-electron chi connectivity index (χ4n) is 4.27. The van der Waals surface area contributed by atoms with Crippen LogP contribution >= 0.6 is 47.3 Å². The first kappa shape index (κ1) is 44.7. The number of nitrogens with one attached hydrogen (secondary N) is 4. The summed E-state index contributed by atoms with van der Waals surface area (Å²) in [5.41, 5.74) is 1.54. The number of aliphatic hydroxyl groups excluding tert-OH is 4. The Labute approximate surface area is 322 Å². The second-order valence-corrected chi connectivity index (χ2v) is 15.4. The average molecular weight is 968 g/mol. The zero-order valence-corrected chi connectivity index (χ0v) is 33.2. The van der Waals surface area contributed by atoms with Crippen molar-refractivity contribution in [2.75, 3.05) is 57.5 Å². The predicted molar refractivity (Wildman–Crippen MR) is 184 cm³/mol. The molecule has 0 aromatic carbocycles. The van der Waals surface area contributed by atoms with Crippen LogP contribution in [-0.4, -0.2) is 140 Å². The van der Waals surface area contributed by atoms with Gasteiger partial charge in [0.15, 0.2) is 0 Å². The average Bonchev–Trinajstić information content (AvgIpc) is 3.01. The van der Waals surface area contributed by atoms with Crippen LogP contribution in [0.1, 0.15) is 30.7 Å². The minimum Gasteiger partial charge on any atom is 0 e. The van der Waals surface area contributed by atoms with Crippen molar-refractivity contribution < 1.29 is 73.6 Å². The minimum absolute atomic E-state index is 0. The number of carbonyl (C=O) groups is 1. The SMILES string of the molecule is CN(I)C[I-]N(Cc1cccc(CN2C[CH-]OC(=O)C2CCNC(=S)NCCCO)n1)C(CCNC(=S)NC[C@H](O)CO)C(O)O.[Mn]. The summed E-state index contributed by atoms with van der Waals surface area (Å²) in [5.74, 6) is -0.338. The van der Waals surface area contributed by atoms with Gasteiger partial charge in [-0.3, -0.25) is 0 Å². The van der Waals surface area contributed by atoms with Crippen molar-refractivity contribution in [3.63, 3.8) is 0 Å². The molecule has 20 heteroatoms. The summed E-state index contributed by atoms with van der Waals surface area (Å²) in [6.45, 7) is 3.93. The van der Waals surface area contributed by atoms with E-state index in [4.69, 9.17) is 44.4 Å². The largest absolute Gasteiger partial charge is 0 e. The number of esters is 1. The van der Waals surface area contributed by atoms with Crippen LogP contribution in [0.4, 0.5) is 0 Å². The van der Waals surface area contributed by atoms with Gasteiger partial charge in [0.1, 0.15) is 0 Å². The van der Waals surface area contributed by atoms with Gasteiger partial charge < -0.3 is 10.4 Å². The molecule has 0 bridgehead atoms. The second-order valence-electron chi connectivity index (χ2n) is 10.4. The molecule has 9 N–H and O–H groups in total. The summed E-state index contributed by atoms with van der Waals surface area (Å²) in [5, 5.41) is 60.8. The van der Waals surface area contributed by atoms with Gasteiger partial charge in [-0.2, -0.15) is 0 Å². The number of ether oxygens (including phenoxy) is 1. The first-order valence-electron chi connectivity index (χ1n) is 14.8. The van der Waals surface area contributed by atoms with E-state index in [1.54, 1.807) is 0 Å². The van der Waals surface area contributed by atoms with Gasteiger partial charge >= 0.3 is 266 Å². The van der Waals surface area contributed by atoms with Crippen LogP contribution in [0.15, 0.2) is 18.2 Å². The standard InChI is InChI=1S/C27H46I2N8O7S2.Mn/c1-35(28)18-29-37(22(24(41)42)6-9-32-27(46)33-14-21(40)17-39)16-20-5-2-4-19(34-20)15-36-11-13-44-25(43)23(36)7-10-31-26(45)30-8-3-12-38;/h2,4-5,13,21-24,38-42H,3,6-12,14-18H2,1H3,(H2,30,31,45)(H2,32,33,46);/q-2;/t21-,22?,23?;/m0./s1. The van der Waals surface area contributed by atoms with E-state index in [1.807, 2.05) is 33.3 Å². The quantitative estimate of drug-likeness (QED) is 0.00543. The number of cyclic esters (lactones) is 1. The van der Waals surface area contributed by atoms with Gasteiger partial charge in [-0.15, -0.1) is 0 Å². The van der Waals surface area contributed by atoms with E-state index >= 15 is 0 Å². The Morgan fingerprint density at radius 2 is 1.83 bits per heavy atom. The van der Waals surface area contributed by atoms with Crippen molar-refractivity contribution in [3.05, 3.63) is 36.2 Å². The van der Waals surface area contributed by atoms with Crippen molar-refractivity contribution in [2.24, 2.45) is 0 Å². The molecule has 0 amide bonds. The Balaban J connectivity index is 0.0000110. The molecule has 1 aromatic heterocycles. The third-order valence-corrected chi connectivity index (χ3v) is 12.1.